The molecule has 2 aromatic heterocycles. The van der Waals surface area contributed by atoms with Gasteiger partial charge in [-0.25, -0.2) is 18.1 Å². The van der Waals surface area contributed by atoms with Crippen LogP contribution in [0.25, 0.3) is 0 Å². The summed E-state index contributed by atoms with van der Waals surface area (Å²) in [5, 5.41) is 0. The van der Waals surface area contributed by atoms with E-state index in [-0.39, 0.29) is 24.3 Å². The summed E-state index contributed by atoms with van der Waals surface area (Å²) in [5.74, 6) is 0.0211. The molecule has 0 radical (unpaired) electrons. The number of imidazole rings is 1. The smallest absolute Gasteiger partial charge is 0.290 e. The summed E-state index contributed by atoms with van der Waals surface area (Å²) in [4.78, 5) is 18.8. The third kappa shape index (κ3) is 3.22. The van der Waals surface area contributed by atoms with Crippen molar-refractivity contribution in [1.29, 1.82) is 0 Å². The largest absolute Gasteiger partial charge is 0.459 e. The molecule has 2 aromatic rings. The lowest BCUT2D eigenvalue weighted by atomic mass is 10.0. The molecule has 1 amide bonds. The zero-order valence-corrected chi connectivity index (χ0v) is 14.6. The number of carbonyl (C=O) groups excluding carboxylic acids is 1. The molecule has 0 bridgehead atoms. The first-order valence-electron chi connectivity index (χ1n) is 7.55. The minimum atomic E-state index is -3.34. The van der Waals surface area contributed by atoms with E-state index >= 15 is 0 Å². The highest BCUT2D eigenvalue weighted by Crippen LogP contribution is 2.25. The molecule has 130 valence electrons. The second-order valence-electron chi connectivity index (χ2n) is 6.09. The molecule has 9 heteroatoms. The van der Waals surface area contributed by atoms with Crippen molar-refractivity contribution in [2.45, 2.75) is 25.9 Å². The highest BCUT2D eigenvalue weighted by molar-refractivity contribution is 7.88. The van der Waals surface area contributed by atoms with Crippen molar-refractivity contribution in [2.75, 3.05) is 12.8 Å². The van der Waals surface area contributed by atoms with Crippen molar-refractivity contribution < 1.29 is 17.6 Å². The van der Waals surface area contributed by atoms with Crippen LogP contribution in [0.4, 0.5) is 0 Å². The number of carbonyl (C=O) groups is 1. The van der Waals surface area contributed by atoms with Gasteiger partial charge in [-0.1, -0.05) is 0 Å². The third-order valence-electron chi connectivity index (χ3n) is 4.23. The molecule has 1 unspecified atom stereocenters. The number of nitrogens with zero attached hydrogens (tertiary/aromatic N) is 3. The van der Waals surface area contributed by atoms with Gasteiger partial charge >= 0.3 is 0 Å². The van der Waals surface area contributed by atoms with E-state index in [1.165, 1.54) is 6.26 Å². The third-order valence-corrected chi connectivity index (χ3v) is 4.92. The van der Waals surface area contributed by atoms with Crippen molar-refractivity contribution in [2.24, 2.45) is 7.05 Å². The molecule has 8 nitrogen and oxygen atoms in total. The summed E-state index contributed by atoms with van der Waals surface area (Å²) in [6, 6.07) is 1.42. The number of hydrogen-bond donors (Lipinski definition) is 1. The van der Waals surface area contributed by atoms with Crippen LogP contribution < -0.4 is 4.72 Å². The van der Waals surface area contributed by atoms with E-state index < -0.39 is 10.0 Å². The number of hydrogen-bond acceptors (Lipinski definition) is 5. The maximum atomic E-state index is 12.9. The Bertz CT molecular complexity index is 868. The standard InChI is InChI=1S/C15H20N4O4S/c1-10-4-5-23-14(10)15(20)19-8-12-13(18(2)9-16-12)6-11(19)7-17-24(3,21)22/h4-5,9,11,17H,6-8H2,1-3H3. The molecule has 0 spiro atoms. The van der Waals surface area contributed by atoms with Crippen molar-refractivity contribution in [3.05, 3.63) is 41.4 Å². The molecule has 0 aliphatic carbocycles. The Hall–Kier alpha value is -2.13. The first kappa shape index (κ1) is 16.7. The summed E-state index contributed by atoms with van der Waals surface area (Å²) in [6.07, 6.45) is 4.81. The van der Waals surface area contributed by atoms with Gasteiger partial charge in [-0.2, -0.15) is 0 Å². The van der Waals surface area contributed by atoms with Crippen LogP contribution in [-0.2, 0) is 30.0 Å². The second kappa shape index (κ2) is 6.06. The van der Waals surface area contributed by atoms with E-state index in [2.05, 4.69) is 9.71 Å². The van der Waals surface area contributed by atoms with Crippen molar-refractivity contribution in [3.8, 4) is 0 Å². The quantitative estimate of drug-likeness (QED) is 0.861. The van der Waals surface area contributed by atoms with Crippen LogP contribution in [0.1, 0.15) is 27.5 Å². The molecule has 0 saturated carbocycles. The van der Waals surface area contributed by atoms with E-state index in [1.807, 2.05) is 11.6 Å². The van der Waals surface area contributed by atoms with E-state index in [0.717, 1.165) is 23.2 Å². The van der Waals surface area contributed by atoms with Gasteiger partial charge < -0.3 is 13.9 Å². The van der Waals surface area contributed by atoms with Gasteiger partial charge in [-0.05, 0) is 13.0 Å². The Morgan fingerprint density at radius 2 is 2.25 bits per heavy atom. The normalized spacial score (nSPS) is 17.8. The topological polar surface area (TPSA) is 97.4 Å². The Kier molecular flexibility index (Phi) is 4.22. The Labute approximate surface area is 140 Å². The number of nitrogens with one attached hydrogen (secondary N) is 1. The van der Waals surface area contributed by atoms with Gasteiger partial charge in [-0.3, -0.25) is 4.79 Å². The molecule has 1 N–H and O–H groups in total. The Balaban J connectivity index is 1.91. The first-order chi connectivity index (χ1) is 11.3. The van der Waals surface area contributed by atoms with E-state index in [4.69, 9.17) is 4.42 Å². The van der Waals surface area contributed by atoms with Crippen LogP contribution in [0.2, 0.25) is 0 Å². The Morgan fingerprint density at radius 3 is 2.88 bits per heavy atom. The molecule has 0 aromatic carbocycles. The van der Waals surface area contributed by atoms with Crippen LogP contribution in [0.5, 0.6) is 0 Å². The number of furan rings is 1. The predicted molar refractivity (Wildman–Crippen MR) is 86.9 cm³/mol. The monoisotopic (exact) mass is 352 g/mol. The zero-order chi connectivity index (χ0) is 17.5. The van der Waals surface area contributed by atoms with Crippen LogP contribution in [-0.4, -0.2) is 47.6 Å². The number of sulfonamides is 1. The average Bonchev–Trinajstić information content (AvgIpc) is 3.09. The molecule has 0 saturated heterocycles. The highest BCUT2D eigenvalue weighted by Gasteiger charge is 2.34. The molecular weight excluding hydrogens is 332 g/mol. The SMILES string of the molecule is Cc1ccoc1C(=O)N1Cc2ncn(C)c2CC1CNS(C)(=O)=O. The van der Waals surface area contributed by atoms with Gasteiger partial charge in [0.15, 0.2) is 5.76 Å². The summed E-state index contributed by atoms with van der Waals surface area (Å²) < 4.78 is 32.6. The van der Waals surface area contributed by atoms with Crippen molar-refractivity contribution >= 4 is 15.9 Å². The predicted octanol–water partition coefficient (Wildman–Crippen LogP) is 0.438. The van der Waals surface area contributed by atoms with Crippen molar-refractivity contribution in [3.63, 3.8) is 0 Å². The van der Waals surface area contributed by atoms with Crippen LogP contribution in [0.15, 0.2) is 23.1 Å². The fourth-order valence-electron chi connectivity index (χ4n) is 2.91. The van der Waals surface area contributed by atoms with E-state index in [0.29, 0.717) is 13.0 Å². The number of aryl methyl sites for hydroxylation is 2. The number of fused-ring (bicyclic) bond motifs is 1. The fraction of sp³-hybridized carbons (Fsp3) is 0.467. The lowest BCUT2D eigenvalue weighted by Crippen LogP contribution is -2.50. The fourth-order valence-corrected chi connectivity index (χ4v) is 3.41. The van der Waals surface area contributed by atoms with Gasteiger partial charge in [0.25, 0.3) is 5.91 Å². The van der Waals surface area contributed by atoms with Gasteiger partial charge in [0.05, 0.1) is 37.1 Å². The maximum absolute atomic E-state index is 12.9. The highest BCUT2D eigenvalue weighted by atomic mass is 32.2. The molecular formula is C15H20N4O4S. The van der Waals surface area contributed by atoms with E-state index in [1.54, 1.807) is 24.2 Å². The summed E-state index contributed by atoms with van der Waals surface area (Å²) in [7, 11) is -1.45. The van der Waals surface area contributed by atoms with Gasteiger partial charge in [0.2, 0.25) is 10.0 Å². The molecule has 1 aliphatic rings. The van der Waals surface area contributed by atoms with Gasteiger partial charge in [0, 0.05) is 31.3 Å². The molecule has 0 fully saturated rings. The van der Waals surface area contributed by atoms with Crippen molar-refractivity contribution in [1.82, 2.24) is 19.2 Å². The zero-order valence-electron chi connectivity index (χ0n) is 13.8. The van der Waals surface area contributed by atoms with Crippen LogP contribution >= 0.6 is 0 Å². The lowest BCUT2D eigenvalue weighted by Gasteiger charge is -2.35. The maximum Gasteiger partial charge on any atom is 0.290 e. The lowest BCUT2D eigenvalue weighted by molar-refractivity contribution is 0.0604. The summed E-state index contributed by atoms with van der Waals surface area (Å²) in [5.41, 5.74) is 2.59. The Morgan fingerprint density at radius 1 is 1.50 bits per heavy atom. The van der Waals surface area contributed by atoms with Gasteiger partial charge in [0.1, 0.15) is 0 Å². The minimum Gasteiger partial charge on any atom is -0.459 e. The second-order valence-corrected chi connectivity index (χ2v) is 7.93. The summed E-state index contributed by atoms with van der Waals surface area (Å²) in [6.45, 7) is 2.27. The van der Waals surface area contributed by atoms with Gasteiger partial charge in [-0.15, -0.1) is 0 Å². The summed E-state index contributed by atoms with van der Waals surface area (Å²) >= 11 is 0. The molecule has 24 heavy (non-hydrogen) atoms. The number of amides is 1. The molecule has 3 rings (SSSR count). The van der Waals surface area contributed by atoms with Crippen LogP contribution in [0.3, 0.4) is 0 Å². The average molecular weight is 352 g/mol. The number of aromatic nitrogens is 2. The number of rotatable bonds is 4. The minimum absolute atomic E-state index is 0.148. The van der Waals surface area contributed by atoms with E-state index in [9.17, 15) is 13.2 Å². The van der Waals surface area contributed by atoms with Crippen LogP contribution in [0, 0.1) is 6.92 Å². The molecule has 3 heterocycles. The molecule has 1 aliphatic heterocycles. The first-order valence-corrected chi connectivity index (χ1v) is 9.44. The molecule has 1 atom stereocenters.